The predicted octanol–water partition coefficient (Wildman–Crippen LogP) is 3.12. The van der Waals surface area contributed by atoms with Crippen LogP contribution in [0.3, 0.4) is 0 Å². The molecule has 2 aromatic rings. The number of hydrogen-bond donors (Lipinski definition) is 0. The zero-order valence-corrected chi connectivity index (χ0v) is 9.14. The lowest BCUT2D eigenvalue weighted by Gasteiger charge is -2.03. The second-order valence-electron chi connectivity index (χ2n) is 3.70. The lowest BCUT2D eigenvalue weighted by Crippen LogP contribution is -1.88. The van der Waals surface area contributed by atoms with Crippen molar-refractivity contribution in [3.05, 3.63) is 53.7 Å². The van der Waals surface area contributed by atoms with Gasteiger partial charge in [-0.2, -0.15) is 5.26 Å². The zero-order chi connectivity index (χ0) is 11.4. The minimum Gasteiger partial charge on any atom is -0.253 e. The number of pyridine rings is 1. The molecular formula is C14H12N2. The summed E-state index contributed by atoms with van der Waals surface area (Å²) < 4.78 is 0. The van der Waals surface area contributed by atoms with Crippen LogP contribution in [0.1, 0.15) is 11.3 Å². The van der Waals surface area contributed by atoms with E-state index >= 15 is 0 Å². The summed E-state index contributed by atoms with van der Waals surface area (Å²) in [4.78, 5) is 4.46. The summed E-state index contributed by atoms with van der Waals surface area (Å²) in [5.41, 5.74) is 4.06. The highest BCUT2D eigenvalue weighted by atomic mass is 14.7. The van der Waals surface area contributed by atoms with Gasteiger partial charge in [0.05, 0.1) is 18.2 Å². The summed E-state index contributed by atoms with van der Waals surface area (Å²) in [5, 5.41) is 8.66. The van der Waals surface area contributed by atoms with Crippen molar-refractivity contribution in [3.8, 4) is 17.3 Å². The monoisotopic (exact) mass is 208 g/mol. The highest BCUT2D eigenvalue weighted by Gasteiger charge is 2.00. The van der Waals surface area contributed by atoms with Crippen LogP contribution in [-0.4, -0.2) is 4.98 Å². The molecule has 2 rings (SSSR count). The van der Waals surface area contributed by atoms with Crippen LogP contribution in [0.25, 0.3) is 11.3 Å². The molecule has 0 saturated heterocycles. The predicted molar refractivity (Wildman–Crippen MR) is 63.7 cm³/mol. The van der Waals surface area contributed by atoms with Crippen LogP contribution in [0.2, 0.25) is 0 Å². The molecule has 0 aliphatic heterocycles. The normalized spacial score (nSPS) is 9.75. The lowest BCUT2D eigenvalue weighted by molar-refractivity contribution is 1.20. The van der Waals surface area contributed by atoms with Crippen LogP contribution in [0.15, 0.2) is 42.5 Å². The first-order chi connectivity index (χ1) is 7.79. The van der Waals surface area contributed by atoms with Crippen LogP contribution < -0.4 is 0 Å². The van der Waals surface area contributed by atoms with Crippen LogP contribution >= 0.6 is 0 Å². The van der Waals surface area contributed by atoms with Gasteiger partial charge in [-0.05, 0) is 30.7 Å². The molecule has 1 aromatic heterocycles. The Kier molecular flexibility index (Phi) is 2.98. The number of aromatic nitrogens is 1. The molecule has 0 fully saturated rings. The summed E-state index contributed by atoms with van der Waals surface area (Å²) in [6.07, 6.45) is 0.444. The van der Waals surface area contributed by atoms with Gasteiger partial charge in [0.15, 0.2) is 0 Å². The van der Waals surface area contributed by atoms with Gasteiger partial charge in [0.2, 0.25) is 0 Å². The van der Waals surface area contributed by atoms with E-state index in [1.165, 1.54) is 0 Å². The van der Waals surface area contributed by atoms with Crippen LogP contribution in [0.5, 0.6) is 0 Å². The molecule has 0 spiro atoms. The maximum atomic E-state index is 8.66. The number of nitrogens with zero attached hydrogens (tertiary/aromatic N) is 2. The lowest BCUT2D eigenvalue weighted by atomic mass is 10.1. The van der Waals surface area contributed by atoms with Crippen molar-refractivity contribution in [1.82, 2.24) is 4.98 Å². The summed E-state index contributed by atoms with van der Waals surface area (Å²) in [5.74, 6) is 0. The molecule has 1 aromatic carbocycles. The maximum Gasteiger partial charge on any atom is 0.0705 e. The molecule has 0 atom stereocenters. The number of rotatable bonds is 2. The summed E-state index contributed by atoms with van der Waals surface area (Å²) >= 11 is 0. The van der Waals surface area contributed by atoms with Crippen molar-refractivity contribution in [1.29, 1.82) is 5.26 Å². The van der Waals surface area contributed by atoms with Gasteiger partial charge < -0.3 is 0 Å². The molecular weight excluding hydrogens is 196 g/mol. The van der Waals surface area contributed by atoms with E-state index in [4.69, 9.17) is 5.26 Å². The third-order valence-corrected chi connectivity index (χ3v) is 2.39. The second kappa shape index (κ2) is 4.59. The Labute approximate surface area is 95.2 Å². The molecule has 2 heteroatoms. The largest absolute Gasteiger partial charge is 0.253 e. The van der Waals surface area contributed by atoms with Crippen molar-refractivity contribution in [2.45, 2.75) is 13.3 Å². The van der Waals surface area contributed by atoms with Gasteiger partial charge in [-0.1, -0.05) is 24.3 Å². The van der Waals surface area contributed by atoms with Gasteiger partial charge in [-0.15, -0.1) is 0 Å². The molecule has 2 nitrogen and oxygen atoms in total. The number of aryl methyl sites for hydroxylation is 1. The molecule has 78 valence electrons. The Balaban J connectivity index is 2.41. The SMILES string of the molecule is Cc1cccc(-c2cccc(CC#N)c2)n1. The fourth-order valence-corrected chi connectivity index (χ4v) is 1.64. The maximum absolute atomic E-state index is 8.66. The highest BCUT2D eigenvalue weighted by molar-refractivity contribution is 5.60. The second-order valence-corrected chi connectivity index (χ2v) is 3.70. The van der Waals surface area contributed by atoms with Crippen LogP contribution in [0, 0.1) is 18.3 Å². The molecule has 0 unspecified atom stereocenters. The Morgan fingerprint density at radius 3 is 2.75 bits per heavy atom. The molecule has 16 heavy (non-hydrogen) atoms. The van der Waals surface area contributed by atoms with Gasteiger partial charge >= 0.3 is 0 Å². The Bertz CT molecular complexity index is 538. The Morgan fingerprint density at radius 2 is 2.00 bits per heavy atom. The topological polar surface area (TPSA) is 36.7 Å². The standard InChI is InChI=1S/C14H12N2/c1-11-4-2-7-14(16-11)13-6-3-5-12(10-13)8-9-15/h2-7,10H,8H2,1H3. The fourth-order valence-electron chi connectivity index (χ4n) is 1.64. The Hall–Kier alpha value is -2.14. The highest BCUT2D eigenvalue weighted by Crippen LogP contribution is 2.18. The molecule has 0 aliphatic carbocycles. The third-order valence-electron chi connectivity index (χ3n) is 2.39. The van der Waals surface area contributed by atoms with E-state index in [2.05, 4.69) is 11.1 Å². The number of nitriles is 1. The minimum absolute atomic E-state index is 0.444. The first-order valence-corrected chi connectivity index (χ1v) is 5.19. The molecule has 0 bridgehead atoms. The summed E-state index contributed by atoms with van der Waals surface area (Å²) in [7, 11) is 0. The van der Waals surface area contributed by atoms with E-state index in [1.54, 1.807) is 0 Å². The van der Waals surface area contributed by atoms with Crippen LogP contribution in [-0.2, 0) is 6.42 Å². The van der Waals surface area contributed by atoms with Gasteiger partial charge in [0.1, 0.15) is 0 Å². The smallest absolute Gasteiger partial charge is 0.0705 e. The zero-order valence-electron chi connectivity index (χ0n) is 9.14. The van der Waals surface area contributed by atoms with Gasteiger partial charge in [0.25, 0.3) is 0 Å². The van der Waals surface area contributed by atoms with Crippen molar-refractivity contribution < 1.29 is 0 Å². The van der Waals surface area contributed by atoms with Gasteiger partial charge in [0, 0.05) is 11.3 Å². The van der Waals surface area contributed by atoms with Crippen LogP contribution in [0.4, 0.5) is 0 Å². The molecule has 0 N–H and O–H groups in total. The molecule has 0 saturated carbocycles. The first kappa shape index (κ1) is 10.4. The first-order valence-electron chi connectivity index (χ1n) is 5.19. The summed E-state index contributed by atoms with van der Waals surface area (Å²) in [6, 6.07) is 16.1. The third kappa shape index (κ3) is 2.26. The average molecular weight is 208 g/mol. The molecule has 0 aliphatic rings. The van der Waals surface area contributed by atoms with E-state index in [-0.39, 0.29) is 0 Å². The van der Waals surface area contributed by atoms with Gasteiger partial charge in [-0.25, -0.2) is 0 Å². The van der Waals surface area contributed by atoms with E-state index in [1.807, 2.05) is 49.4 Å². The van der Waals surface area contributed by atoms with E-state index in [0.29, 0.717) is 6.42 Å². The molecule has 0 radical (unpaired) electrons. The minimum atomic E-state index is 0.444. The quantitative estimate of drug-likeness (QED) is 0.760. The van der Waals surface area contributed by atoms with E-state index in [0.717, 1.165) is 22.5 Å². The number of hydrogen-bond acceptors (Lipinski definition) is 2. The Morgan fingerprint density at radius 1 is 1.19 bits per heavy atom. The van der Waals surface area contributed by atoms with Crippen molar-refractivity contribution in [2.24, 2.45) is 0 Å². The van der Waals surface area contributed by atoms with Crippen molar-refractivity contribution >= 4 is 0 Å². The molecule has 0 amide bonds. The molecule has 1 heterocycles. The van der Waals surface area contributed by atoms with Crippen molar-refractivity contribution in [3.63, 3.8) is 0 Å². The average Bonchev–Trinajstić information content (AvgIpc) is 2.30. The van der Waals surface area contributed by atoms with Crippen molar-refractivity contribution in [2.75, 3.05) is 0 Å². The van der Waals surface area contributed by atoms with Gasteiger partial charge in [-0.3, -0.25) is 4.98 Å². The van der Waals surface area contributed by atoms with E-state index in [9.17, 15) is 0 Å². The summed E-state index contributed by atoms with van der Waals surface area (Å²) in [6.45, 7) is 1.97. The number of benzene rings is 1. The van der Waals surface area contributed by atoms with E-state index < -0.39 is 0 Å². The fraction of sp³-hybridized carbons (Fsp3) is 0.143.